The van der Waals surface area contributed by atoms with E-state index in [1.165, 1.54) is 0 Å². The van der Waals surface area contributed by atoms with Gasteiger partial charge in [0.1, 0.15) is 0 Å². The Hall–Kier alpha value is -1.95. The Morgan fingerprint density at radius 1 is 1.40 bits per heavy atom. The molecule has 2 unspecified atom stereocenters. The molecule has 0 spiro atoms. The van der Waals surface area contributed by atoms with Gasteiger partial charge in [-0.15, -0.1) is 5.10 Å². The standard InChI is InChI=1S/C14H19N5O/c1-9-3-4-13(15)12(7-9)14-16-17-18-19(14)11-5-6-20-10(2)8-11/h3-4,7,10-11H,5-6,8,15H2,1-2H3. The van der Waals surface area contributed by atoms with E-state index < -0.39 is 0 Å². The van der Waals surface area contributed by atoms with Gasteiger partial charge < -0.3 is 10.5 Å². The Labute approximate surface area is 117 Å². The number of aryl methyl sites for hydroxylation is 1. The molecule has 106 valence electrons. The fourth-order valence-corrected chi connectivity index (χ4v) is 2.68. The number of nitrogens with zero attached hydrogens (tertiary/aromatic N) is 4. The molecular weight excluding hydrogens is 254 g/mol. The third-order valence-electron chi connectivity index (χ3n) is 3.75. The molecular formula is C14H19N5O. The van der Waals surface area contributed by atoms with E-state index in [4.69, 9.17) is 10.5 Å². The normalized spacial score (nSPS) is 22.9. The quantitative estimate of drug-likeness (QED) is 0.846. The molecule has 0 bridgehead atoms. The lowest BCUT2D eigenvalue weighted by Gasteiger charge is -2.27. The summed E-state index contributed by atoms with van der Waals surface area (Å²) in [6.45, 7) is 4.86. The number of rotatable bonds is 2. The van der Waals surface area contributed by atoms with Gasteiger partial charge in [-0.1, -0.05) is 11.6 Å². The second-order valence-electron chi connectivity index (χ2n) is 5.40. The zero-order chi connectivity index (χ0) is 14.1. The van der Waals surface area contributed by atoms with Crippen LogP contribution < -0.4 is 5.73 Å². The van der Waals surface area contributed by atoms with E-state index in [9.17, 15) is 0 Å². The third-order valence-corrected chi connectivity index (χ3v) is 3.75. The van der Waals surface area contributed by atoms with Crippen molar-refractivity contribution in [2.24, 2.45) is 0 Å². The van der Waals surface area contributed by atoms with Crippen molar-refractivity contribution in [1.82, 2.24) is 20.2 Å². The number of aromatic nitrogens is 4. The number of nitrogens with two attached hydrogens (primary N) is 1. The first kappa shape index (κ1) is 13.1. The molecule has 0 saturated carbocycles. The van der Waals surface area contributed by atoms with Crippen LogP contribution in [0.15, 0.2) is 18.2 Å². The maximum Gasteiger partial charge on any atom is 0.184 e. The van der Waals surface area contributed by atoms with Crippen molar-refractivity contribution in [2.75, 3.05) is 12.3 Å². The summed E-state index contributed by atoms with van der Waals surface area (Å²) in [5, 5.41) is 12.2. The Morgan fingerprint density at radius 3 is 3.05 bits per heavy atom. The van der Waals surface area contributed by atoms with Crippen LogP contribution in [0.25, 0.3) is 11.4 Å². The van der Waals surface area contributed by atoms with Gasteiger partial charge in [-0.2, -0.15) is 0 Å². The fraction of sp³-hybridized carbons (Fsp3) is 0.500. The van der Waals surface area contributed by atoms with Crippen molar-refractivity contribution in [3.8, 4) is 11.4 Å². The Kier molecular flexibility index (Phi) is 3.40. The largest absolute Gasteiger partial charge is 0.398 e. The smallest absolute Gasteiger partial charge is 0.184 e. The molecule has 2 atom stereocenters. The Balaban J connectivity index is 1.99. The molecule has 0 radical (unpaired) electrons. The van der Waals surface area contributed by atoms with Gasteiger partial charge in [0, 0.05) is 17.9 Å². The zero-order valence-corrected chi connectivity index (χ0v) is 11.8. The first-order valence-corrected chi connectivity index (χ1v) is 6.91. The Bertz CT molecular complexity index is 609. The highest BCUT2D eigenvalue weighted by Gasteiger charge is 2.25. The van der Waals surface area contributed by atoms with E-state index in [0.717, 1.165) is 36.4 Å². The van der Waals surface area contributed by atoms with Crippen LogP contribution in [0.5, 0.6) is 0 Å². The van der Waals surface area contributed by atoms with Crippen molar-refractivity contribution in [2.45, 2.75) is 38.8 Å². The molecule has 2 N–H and O–H groups in total. The lowest BCUT2D eigenvalue weighted by Crippen LogP contribution is -2.26. The monoisotopic (exact) mass is 273 g/mol. The average molecular weight is 273 g/mol. The topological polar surface area (TPSA) is 78.9 Å². The minimum atomic E-state index is 0.237. The number of tetrazole rings is 1. The molecule has 3 rings (SSSR count). The molecule has 1 saturated heterocycles. The first-order chi connectivity index (χ1) is 9.65. The fourth-order valence-electron chi connectivity index (χ4n) is 2.68. The van der Waals surface area contributed by atoms with Crippen LogP contribution >= 0.6 is 0 Å². The number of anilines is 1. The van der Waals surface area contributed by atoms with Crippen LogP contribution in [-0.4, -0.2) is 32.9 Å². The van der Waals surface area contributed by atoms with Crippen molar-refractivity contribution in [1.29, 1.82) is 0 Å². The summed E-state index contributed by atoms with van der Waals surface area (Å²) in [6, 6.07) is 6.18. The summed E-state index contributed by atoms with van der Waals surface area (Å²) < 4.78 is 7.48. The highest BCUT2D eigenvalue weighted by Crippen LogP contribution is 2.30. The third kappa shape index (κ3) is 2.38. The van der Waals surface area contributed by atoms with E-state index in [1.54, 1.807) is 0 Å². The van der Waals surface area contributed by atoms with E-state index in [-0.39, 0.29) is 12.1 Å². The molecule has 1 aliphatic rings. The predicted octanol–water partition coefficient (Wildman–Crippen LogP) is 1.97. The maximum absolute atomic E-state index is 6.07. The highest BCUT2D eigenvalue weighted by atomic mass is 16.5. The van der Waals surface area contributed by atoms with Gasteiger partial charge in [0.25, 0.3) is 0 Å². The number of hydrogen-bond donors (Lipinski definition) is 1. The molecule has 1 aromatic heterocycles. The minimum Gasteiger partial charge on any atom is -0.398 e. The van der Waals surface area contributed by atoms with Gasteiger partial charge in [-0.25, -0.2) is 4.68 Å². The van der Waals surface area contributed by atoms with Gasteiger partial charge in [-0.3, -0.25) is 0 Å². The van der Waals surface area contributed by atoms with E-state index in [1.807, 2.05) is 29.8 Å². The lowest BCUT2D eigenvalue weighted by molar-refractivity contribution is 0.00351. The molecule has 0 amide bonds. The molecule has 6 nitrogen and oxygen atoms in total. The molecule has 1 fully saturated rings. The van der Waals surface area contributed by atoms with Gasteiger partial charge >= 0.3 is 0 Å². The van der Waals surface area contributed by atoms with Crippen LogP contribution in [0.2, 0.25) is 0 Å². The first-order valence-electron chi connectivity index (χ1n) is 6.91. The summed E-state index contributed by atoms with van der Waals surface area (Å²) >= 11 is 0. The van der Waals surface area contributed by atoms with Crippen LogP contribution in [0.1, 0.15) is 31.4 Å². The molecule has 2 aromatic rings. The van der Waals surface area contributed by atoms with Crippen molar-refractivity contribution >= 4 is 5.69 Å². The molecule has 20 heavy (non-hydrogen) atoms. The number of nitrogen functional groups attached to an aromatic ring is 1. The molecule has 1 aromatic carbocycles. The SMILES string of the molecule is Cc1ccc(N)c(-c2nnnn2C2CCOC(C)C2)c1. The second-order valence-corrected chi connectivity index (χ2v) is 5.40. The Morgan fingerprint density at radius 2 is 2.25 bits per heavy atom. The van der Waals surface area contributed by atoms with Gasteiger partial charge in [0.15, 0.2) is 5.82 Å². The van der Waals surface area contributed by atoms with Gasteiger partial charge in [-0.05, 0) is 49.2 Å². The average Bonchev–Trinajstić information content (AvgIpc) is 2.90. The number of hydrogen-bond acceptors (Lipinski definition) is 5. The molecule has 6 heteroatoms. The summed E-state index contributed by atoms with van der Waals surface area (Å²) in [7, 11) is 0. The van der Waals surface area contributed by atoms with Crippen LogP contribution in [-0.2, 0) is 4.74 Å². The summed E-state index contributed by atoms with van der Waals surface area (Å²) in [6.07, 6.45) is 2.08. The van der Waals surface area contributed by atoms with Crippen molar-refractivity contribution in [3.63, 3.8) is 0 Å². The van der Waals surface area contributed by atoms with Crippen LogP contribution in [0, 0.1) is 6.92 Å². The number of benzene rings is 1. The maximum atomic E-state index is 6.07. The van der Waals surface area contributed by atoms with Crippen LogP contribution in [0.3, 0.4) is 0 Å². The lowest BCUT2D eigenvalue weighted by atomic mass is 10.0. The van der Waals surface area contributed by atoms with Crippen molar-refractivity contribution < 1.29 is 4.74 Å². The summed E-state index contributed by atoms with van der Waals surface area (Å²) in [5.74, 6) is 0.741. The van der Waals surface area contributed by atoms with Crippen molar-refractivity contribution in [3.05, 3.63) is 23.8 Å². The molecule has 2 heterocycles. The summed E-state index contributed by atoms with van der Waals surface area (Å²) in [4.78, 5) is 0. The van der Waals surface area contributed by atoms with Gasteiger partial charge in [0.05, 0.1) is 12.1 Å². The predicted molar refractivity (Wildman–Crippen MR) is 76.1 cm³/mol. The van der Waals surface area contributed by atoms with Crippen LogP contribution in [0.4, 0.5) is 5.69 Å². The second kappa shape index (κ2) is 5.20. The number of ether oxygens (including phenoxy) is 1. The molecule has 1 aliphatic heterocycles. The summed E-state index contributed by atoms with van der Waals surface area (Å²) in [5.41, 5.74) is 8.81. The van der Waals surface area contributed by atoms with E-state index >= 15 is 0 Å². The zero-order valence-electron chi connectivity index (χ0n) is 11.8. The van der Waals surface area contributed by atoms with E-state index in [2.05, 4.69) is 22.4 Å². The van der Waals surface area contributed by atoms with Gasteiger partial charge in [0.2, 0.25) is 0 Å². The van der Waals surface area contributed by atoms with E-state index in [0.29, 0.717) is 5.69 Å². The highest BCUT2D eigenvalue weighted by molar-refractivity contribution is 5.72. The minimum absolute atomic E-state index is 0.237. The molecule has 0 aliphatic carbocycles.